The SMILES string of the molecule is COc1cc(/C=C/C(=O)N2CCN(Cc3ccc(F)cc3)CC2)cc(OC)c1OC. The van der Waals surface area contributed by atoms with E-state index in [0.29, 0.717) is 30.3 Å². The van der Waals surface area contributed by atoms with Crippen molar-refractivity contribution in [1.29, 1.82) is 0 Å². The van der Waals surface area contributed by atoms with E-state index < -0.39 is 0 Å². The largest absolute Gasteiger partial charge is 0.493 e. The highest BCUT2D eigenvalue weighted by atomic mass is 19.1. The van der Waals surface area contributed by atoms with Gasteiger partial charge < -0.3 is 19.1 Å². The minimum Gasteiger partial charge on any atom is -0.493 e. The van der Waals surface area contributed by atoms with Crippen LogP contribution >= 0.6 is 0 Å². The van der Waals surface area contributed by atoms with E-state index in [9.17, 15) is 9.18 Å². The smallest absolute Gasteiger partial charge is 0.246 e. The highest BCUT2D eigenvalue weighted by molar-refractivity contribution is 5.92. The Balaban J connectivity index is 1.58. The number of halogens is 1. The Morgan fingerprint density at radius 2 is 1.57 bits per heavy atom. The fourth-order valence-corrected chi connectivity index (χ4v) is 3.44. The molecule has 0 atom stereocenters. The first-order valence-electron chi connectivity index (χ1n) is 9.78. The molecule has 6 nitrogen and oxygen atoms in total. The van der Waals surface area contributed by atoms with E-state index in [1.54, 1.807) is 57.7 Å². The summed E-state index contributed by atoms with van der Waals surface area (Å²) in [4.78, 5) is 16.7. The molecule has 0 spiro atoms. The van der Waals surface area contributed by atoms with E-state index in [1.807, 2.05) is 4.90 Å². The second-order valence-electron chi connectivity index (χ2n) is 7.02. The molecule has 1 heterocycles. The number of hydrogen-bond donors (Lipinski definition) is 0. The lowest BCUT2D eigenvalue weighted by Gasteiger charge is -2.34. The third-order valence-corrected chi connectivity index (χ3v) is 5.11. The van der Waals surface area contributed by atoms with Crippen LogP contribution in [0, 0.1) is 5.82 Å². The summed E-state index contributed by atoms with van der Waals surface area (Å²) < 4.78 is 29.1. The van der Waals surface area contributed by atoms with Crippen molar-refractivity contribution in [2.24, 2.45) is 0 Å². The fraction of sp³-hybridized carbons (Fsp3) is 0.348. The third kappa shape index (κ3) is 5.30. The number of ether oxygens (including phenoxy) is 3. The van der Waals surface area contributed by atoms with E-state index in [-0.39, 0.29) is 11.7 Å². The molecule has 0 saturated carbocycles. The van der Waals surface area contributed by atoms with Gasteiger partial charge in [-0.3, -0.25) is 9.69 Å². The van der Waals surface area contributed by atoms with Crippen LogP contribution in [0.2, 0.25) is 0 Å². The predicted octanol–water partition coefficient (Wildman–Crippen LogP) is 3.21. The maximum Gasteiger partial charge on any atom is 0.246 e. The molecule has 1 amide bonds. The monoisotopic (exact) mass is 414 g/mol. The molecule has 160 valence electrons. The second-order valence-corrected chi connectivity index (χ2v) is 7.02. The molecule has 2 aromatic carbocycles. The summed E-state index contributed by atoms with van der Waals surface area (Å²) in [5.74, 6) is 1.33. The minimum atomic E-state index is -0.229. The number of piperazine rings is 1. The fourth-order valence-electron chi connectivity index (χ4n) is 3.44. The molecule has 0 N–H and O–H groups in total. The van der Waals surface area contributed by atoms with Crippen LogP contribution in [0.4, 0.5) is 4.39 Å². The number of nitrogens with zero attached hydrogens (tertiary/aromatic N) is 2. The van der Waals surface area contributed by atoms with Crippen LogP contribution in [-0.4, -0.2) is 63.2 Å². The number of carbonyl (C=O) groups excluding carboxylic acids is 1. The molecule has 1 aliphatic heterocycles. The molecule has 0 aromatic heterocycles. The van der Waals surface area contributed by atoms with Gasteiger partial charge in [-0.15, -0.1) is 0 Å². The van der Waals surface area contributed by atoms with E-state index in [4.69, 9.17) is 14.2 Å². The Morgan fingerprint density at radius 3 is 2.10 bits per heavy atom. The summed E-state index contributed by atoms with van der Waals surface area (Å²) in [7, 11) is 4.66. The number of hydrogen-bond acceptors (Lipinski definition) is 5. The van der Waals surface area contributed by atoms with Crippen LogP contribution in [0.5, 0.6) is 17.2 Å². The van der Waals surface area contributed by atoms with Crippen LogP contribution in [0.25, 0.3) is 6.08 Å². The molecule has 1 fully saturated rings. The van der Waals surface area contributed by atoms with Crippen molar-refractivity contribution < 1.29 is 23.4 Å². The molecule has 2 aromatic rings. The van der Waals surface area contributed by atoms with Crippen molar-refractivity contribution in [2.45, 2.75) is 6.54 Å². The topological polar surface area (TPSA) is 51.2 Å². The third-order valence-electron chi connectivity index (χ3n) is 5.11. The van der Waals surface area contributed by atoms with Crippen LogP contribution in [0.1, 0.15) is 11.1 Å². The van der Waals surface area contributed by atoms with E-state index in [1.165, 1.54) is 12.1 Å². The van der Waals surface area contributed by atoms with Gasteiger partial charge in [-0.1, -0.05) is 12.1 Å². The van der Waals surface area contributed by atoms with Crippen LogP contribution in [0.3, 0.4) is 0 Å². The summed E-state index contributed by atoms with van der Waals surface area (Å²) in [5, 5.41) is 0. The highest BCUT2D eigenvalue weighted by Crippen LogP contribution is 2.38. The number of benzene rings is 2. The molecular formula is C23H27FN2O4. The van der Waals surface area contributed by atoms with E-state index in [2.05, 4.69) is 4.90 Å². The van der Waals surface area contributed by atoms with Gasteiger partial charge in [0.05, 0.1) is 21.3 Å². The molecule has 1 saturated heterocycles. The predicted molar refractivity (Wildman–Crippen MR) is 113 cm³/mol. The maximum atomic E-state index is 13.0. The summed E-state index contributed by atoms with van der Waals surface area (Å²) in [6.45, 7) is 3.62. The summed E-state index contributed by atoms with van der Waals surface area (Å²) in [6, 6.07) is 10.1. The Hall–Kier alpha value is -3.06. The Kier molecular flexibility index (Phi) is 7.30. The first-order valence-corrected chi connectivity index (χ1v) is 9.78. The van der Waals surface area contributed by atoms with Gasteiger partial charge in [-0.25, -0.2) is 4.39 Å². The standard InChI is InChI=1S/C23H27FN2O4/c1-28-20-14-18(15-21(29-2)23(20)30-3)6-9-22(27)26-12-10-25(11-13-26)16-17-4-7-19(24)8-5-17/h4-9,14-15H,10-13,16H2,1-3H3/b9-6+. The minimum absolute atomic E-state index is 0.0369. The van der Waals surface area contributed by atoms with Crippen molar-refractivity contribution in [2.75, 3.05) is 47.5 Å². The molecule has 3 rings (SSSR count). The number of carbonyl (C=O) groups is 1. The molecule has 30 heavy (non-hydrogen) atoms. The first kappa shape index (κ1) is 21.6. The lowest BCUT2D eigenvalue weighted by Crippen LogP contribution is -2.47. The normalized spacial score (nSPS) is 14.7. The van der Waals surface area contributed by atoms with Crippen LogP contribution in [0.15, 0.2) is 42.5 Å². The molecular weight excluding hydrogens is 387 g/mol. The average Bonchev–Trinajstić information content (AvgIpc) is 2.78. The van der Waals surface area contributed by atoms with Gasteiger partial charge in [-0.2, -0.15) is 0 Å². The van der Waals surface area contributed by atoms with Gasteiger partial charge >= 0.3 is 0 Å². The highest BCUT2D eigenvalue weighted by Gasteiger charge is 2.20. The van der Waals surface area contributed by atoms with Gasteiger partial charge in [-0.05, 0) is 41.5 Å². The Labute approximate surface area is 176 Å². The van der Waals surface area contributed by atoms with Gasteiger partial charge in [0.15, 0.2) is 11.5 Å². The van der Waals surface area contributed by atoms with Gasteiger partial charge in [0, 0.05) is 38.8 Å². The van der Waals surface area contributed by atoms with Crippen molar-refractivity contribution in [3.63, 3.8) is 0 Å². The van der Waals surface area contributed by atoms with Crippen LogP contribution < -0.4 is 14.2 Å². The number of methoxy groups -OCH3 is 3. The number of rotatable bonds is 7. The van der Waals surface area contributed by atoms with E-state index in [0.717, 1.165) is 30.8 Å². The van der Waals surface area contributed by atoms with Crippen molar-refractivity contribution >= 4 is 12.0 Å². The van der Waals surface area contributed by atoms with Crippen LogP contribution in [-0.2, 0) is 11.3 Å². The zero-order valence-corrected chi connectivity index (χ0v) is 17.6. The average molecular weight is 414 g/mol. The summed E-state index contributed by atoms with van der Waals surface area (Å²) >= 11 is 0. The molecule has 0 unspecified atom stereocenters. The zero-order valence-electron chi connectivity index (χ0n) is 17.6. The molecule has 0 aliphatic carbocycles. The molecule has 1 aliphatic rings. The van der Waals surface area contributed by atoms with Crippen molar-refractivity contribution in [3.05, 3.63) is 59.4 Å². The lowest BCUT2D eigenvalue weighted by molar-refractivity contribution is -0.127. The Morgan fingerprint density at radius 1 is 0.967 bits per heavy atom. The van der Waals surface area contributed by atoms with E-state index >= 15 is 0 Å². The van der Waals surface area contributed by atoms with Crippen molar-refractivity contribution in [1.82, 2.24) is 9.80 Å². The Bertz CT molecular complexity index is 866. The second kappa shape index (κ2) is 10.1. The maximum absolute atomic E-state index is 13.0. The van der Waals surface area contributed by atoms with Gasteiger partial charge in [0.1, 0.15) is 5.82 Å². The van der Waals surface area contributed by atoms with Gasteiger partial charge in [0.2, 0.25) is 11.7 Å². The quantitative estimate of drug-likeness (QED) is 0.652. The first-order chi connectivity index (χ1) is 14.5. The molecule has 0 bridgehead atoms. The zero-order chi connectivity index (χ0) is 21.5. The molecule has 7 heteroatoms. The van der Waals surface area contributed by atoms with Gasteiger partial charge in [0.25, 0.3) is 0 Å². The van der Waals surface area contributed by atoms with Crippen molar-refractivity contribution in [3.8, 4) is 17.2 Å². The lowest BCUT2D eigenvalue weighted by atomic mass is 10.1. The summed E-state index contributed by atoms with van der Waals surface area (Å²) in [6.07, 6.45) is 3.31. The molecule has 0 radical (unpaired) electrons. The summed E-state index contributed by atoms with van der Waals surface area (Å²) in [5.41, 5.74) is 1.85. The number of amides is 1.